The van der Waals surface area contributed by atoms with Gasteiger partial charge in [-0.15, -0.1) is 0 Å². The number of carbonyl (C=O) groups is 2. The number of nitrogens with one attached hydrogen (secondary N) is 2. The summed E-state index contributed by atoms with van der Waals surface area (Å²) < 4.78 is 5.05. The molecule has 0 aliphatic carbocycles. The molecular formula is C19H16N2O5. The average Bonchev–Trinajstić information content (AvgIpc) is 2.66. The van der Waals surface area contributed by atoms with Gasteiger partial charge in [-0.3, -0.25) is 9.59 Å². The van der Waals surface area contributed by atoms with Gasteiger partial charge in [0.2, 0.25) is 0 Å². The first-order chi connectivity index (χ1) is 12.6. The van der Waals surface area contributed by atoms with Crippen LogP contribution < -0.4 is 16.3 Å². The fourth-order valence-corrected chi connectivity index (χ4v) is 2.47. The minimum absolute atomic E-state index is 0.0864. The average molecular weight is 352 g/mol. The van der Waals surface area contributed by atoms with Gasteiger partial charge in [-0.2, -0.15) is 0 Å². The Kier molecular flexibility index (Phi) is 4.98. The molecule has 26 heavy (non-hydrogen) atoms. The second kappa shape index (κ2) is 7.52. The lowest BCUT2D eigenvalue weighted by atomic mass is 10.1. The van der Waals surface area contributed by atoms with Crippen LogP contribution in [0.4, 0.5) is 0 Å². The van der Waals surface area contributed by atoms with Crippen LogP contribution in [0.1, 0.15) is 20.7 Å². The first-order valence-electron chi connectivity index (χ1n) is 7.94. The third kappa shape index (κ3) is 3.56. The quantitative estimate of drug-likeness (QED) is 0.478. The van der Waals surface area contributed by atoms with Crippen LogP contribution in [0.15, 0.2) is 63.8 Å². The standard InChI is InChI=1S/C19H16N2O5/c22-16-13-8-4-5-9-14(13)26-19(25)15(16)18(24)21-11-10-20-17(23)12-6-2-1-3-7-12/h1-9,22H,10-11H2,(H,20,23)(H,21,24). The van der Waals surface area contributed by atoms with Crippen LogP contribution in [0, 0.1) is 0 Å². The van der Waals surface area contributed by atoms with Crippen LogP contribution in [0.2, 0.25) is 0 Å². The Labute approximate surface area is 148 Å². The molecular weight excluding hydrogens is 336 g/mol. The Balaban J connectivity index is 1.63. The van der Waals surface area contributed by atoms with Crippen LogP contribution in [0.5, 0.6) is 5.75 Å². The van der Waals surface area contributed by atoms with Gasteiger partial charge in [0.05, 0.1) is 5.39 Å². The highest BCUT2D eigenvalue weighted by molar-refractivity contribution is 6.01. The summed E-state index contributed by atoms with van der Waals surface area (Å²) in [4.78, 5) is 36.1. The van der Waals surface area contributed by atoms with Crippen molar-refractivity contribution in [1.29, 1.82) is 0 Å². The lowest BCUT2D eigenvalue weighted by Crippen LogP contribution is -2.36. The molecule has 0 fully saturated rings. The molecule has 0 spiro atoms. The van der Waals surface area contributed by atoms with Crippen molar-refractivity contribution in [2.45, 2.75) is 0 Å². The van der Waals surface area contributed by atoms with E-state index in [1.165, 1.54) is 6.07 Å². The lowest BCUT2D eigenvalue weighted by Gasteiger charge is -2.08. The van der Waals surface area contributed by atoms with E-state index in [4.69, 9.17) is 4.42 Å². The number of fused-ring (bicyclic) bond motifs is 1. The summed E-state index contributed by atoms with van der Waals surface area (Å²) in [5, 5.41) is 15.6. The molecule has 7 nitrogen and oxygen atoms in total. The second-order valence-corrected chi connectivity index (χ2v) is 5.49. The Bertz CT molecular complexity index is 1010. The number of benzene rings is 2. The summed E-state index contributed by atoms with van der Waals surface area (Å²) >= 11 is 0. The van der Waals surface area contributed by atoms with Crippen LogP contribution >= 0.6 is 0 Å². The van der Waals surface area contributed by atoms with Crippen molar-refractivity contribution in [3.63, 3.8) is 0 Å². The monoisotopic (exact) mass is 352 g/mol. The molecule has 1 aromatic heterocycles. The van der Waals surface area contributed by atoms with E-state index >= 15 is 0 Å². The molecule has 0 atom stereocenters. The molecule has 132 valence electrons. The first-order valence-corrected chi connectivity index (χ1v) is 7.94. The maximum absolute atomic E-state index is 12.2. The van der Waals surface area contributed by atoms with E-state index in [0.29, 0.717) is 5.56 Å². The molecule has 0 aliphatic heterocycles. The van der Waals surface area contributed by atoms with E-state index in [2.05, 4.69) is 10.6 Å². The van der Waals surface area contributed by atoms with Crippen molar-refractivity contribution >= 4 is 22.8 Å². The highest BCUT2D eigenvalue weighted by Gasteiger charge is 2.20. The van der Waals surface area contributed by atoms with Gasteiger partial charge < -0.3 is 20.2 Å². The van der Waals surface area contributed by atoms with Crippen LogP contribution in [0.25, 0.3) is 11.0 Å². The van der Waals surface area contributed by atoms with Crippen molar-refractivity contribution in [3.05, 3.63) is 76.1 Å². The number of para-hydroxylation sites is 1. The summed E-state index contributed by atoms with van der Waals surface area (Å²) in [5.74, 6) is -1.47. The third-order valence-electron chi connectivity index (χ3n) is 3.74. The van der Waals surface area contributed by atoms with E-state index in [9.17, 15) is 19.5 Å². The maximum Gasteiger partial charge on any atom is 0.353 e. The molecule has 0 saturated carbocycles. The Morgan fingerprint density at radius 1 is 0.885 bits per heavy atom. The molecule has 0 unspecified atom stereocenters. The van der Waals surface area contributed by atoms with E-state index in [0.717, 1.165) is 0 Å². The van der Waals surface area contributed by atoms with E-state index < -0.39 is 22.8 Å². The van der Waals surface area contributed by atoms with Crippen molar-refractivity contribution < 1.29 is 19.1 Å². The lowest BCUT2D eigenvalue weighted by molar-refractivity contribution is 0.0924. The fraction of sp³-hybridized carbons (Fsp3) is 0.105. The zero-order valence-corrected chi connectivity index (χ0v) is 13.7. The number of aromatic hydroxyl groups is 1. The van der Waals surface area contributed by atoms with Crippen LogP contribution in [-0.4, -0.2) is 30.0 Å². The molecule has 0 aliphatic rings. The molecule has 0 bridgehead atoms. The minimum Gasteiger partial charge on any atom is -0.506 e. The highest BCUT2D eigenvalue weighted by atomic mass is 16.4. The number of rotatable bonds is 5. The van der Waals surface area contributed by atoms with Crippen molar-refractivity contribution in [2.24, 2.45) is 0 Å². The summed E-state index contributed by atoms with van der Waals surface area (Å²) in [5.41, 5.74) is -0.682. The van der Waals surface area contributed by atoms with Gasteiger partial charge in [0.25, 0.3) is 11.8 Å². The number of carbonyl (C=O) groups excluding carboxylic acids is 2. The summed E-state index contributed by atoms with van der Waals surface area (Å²) in [7, 11) is 0. The van der Waals surface area contributed by atoms with E-state index in [1.54, 1.807) is 48.5 Å². The fourth-order valence-electron chi connectivity index (χ4n) is 2.47. The SMILES string of the molecule is O=C(NCCNC(=O)c1c(O)c2ccccc2oc1=O)c1ccccc1. The Hall–Kier alpha value is -3.61. The second-order valence-electron chi connectivity index (χ2n) is 5.49. The highest BCUT2D eigenvalue weighted by Crippen LogP contribution is 2.25. The number of hydrogen-bond donors (Lipinski definition) is 3. The first kappa shape index (κ1) is 17.2. The molecule has 0 saturated heterocycles. The molecule has 1 heterocycles. The van der Waals surface area contributed by atoms with Gasteiger partial charge in [-0.1, -0.05) is 30.3 Å². The molecule has 2 aromatic carbocycles. The number of amides is 2. The molecule has 3 aromatic rings. The predicted molar refractivity (Wildman–Crippen MR) is 95.3 cm³/mol. The van der Waals surface area contributed by atoms with Crippen LogP contribution in [-0.2, 0) is 0 Å². The zero-order valence-electron chi connectivity index (χ0n) is 13.7. The van der Waals surface area contributed by atoms with Gasteiger partial charge in [0.15, 0.2) is 5.56 Å². The van der Waals surface area contributed by atoms with Gasteiger partial charge in [-0.25, -0.2) is 4.79 Å². The smallest absolute Gasteiger partial charge is 0.353 e. The predicted octanol–water partition coefficient (Wildman–Crippen LogP) is 1.66. The van der Waals surface area contributed by atoms with Crippen molar-refractivity contribution in [2.75, 3.05) is 13.1 Å². The number of hydrogen-bond acceptors (Lipinski definition) is 5. The summed E-state index contributed by atoms with van der Waals surface area (Å²) in [6, 6.07) is 15.0. The van der Waals surface area contributed by atoms with Gasteiger partial charge in [0, 0.05) is 18.7 Å². The molecule has 7 heteroatoms. The maximum atomic E-state index is 12.2. The largest absolute Gasteiger partial charge is 0.506 e. The molecule has 3 rings (SSSR count). The van der Waals surface area contributed by atoms with Crippen molar-refractivity contribution in [3.8, 4) is 5.75 Å². The zero-order chi connectivity index (χ0) is 18.5. The van der Waals surface area contributed by atoms with Gasteiger partial charge in [-0.05, 0) is 24.3 Å². The molecule has 3 N–H and O–H groups in total. The van der Waals surface area contributed by atoms with E-state index in [-0.39, 0.29) is 30.0 Å². The van der Waals surface area contributed by atoms with Gasteiger partial charge >= 0.3 is 5.63 Å². The Morgan fingerprint density at radius 2 is 1.50 bits per heavy atom. The van der Waals surface area contributed by atoms with E-state index in [1.807, 2.05) is 0 Å². The van der Waals surface area contributed by atoms with Crippen molar-refractivity contribution in [1.82, 2.24) is 10.6 Å². The van der Waals surface area contributed by atoms with Gasteiger partial charge in [0.1, 0.15) is 11.3 Å². The Morgan fingerprint density at radius 3 is 2.23 bits per heavy atom. The normalized spacial score (nSPS) is 10.5. The van der Waals surface area contributed by atoms with Crippen LogP contribution in [0.3, 0.4) is 0 Å². The third-order valence-corrected chi connectivity index (χ3v) is 3.74. The minimum atomic E-state index is -0.924. The molecule has 0 radical (unpaired) electrons. The topological polar surface area (TPSA) is 109 Å². The summed E-state index contributed by atoms with van der Waals surface area (Å²) in [6.07, 6.45) is 0. The summed E-state index contributed by atoms with van der Waals surface area (Å²) in [6.45, 7) is 0.252. The molecule has 2 amide bonds.